The Balaban J connectivity index is 1.36. The summed E-state index contributed by atoms with van der Waals surface area (Å²) in [7, 11) is 0. The van der Waals surface area contributed by atoms with E-state index in [4.69, 9.17) is 0 Å². The summed E-state index contributed by atoms with van der Waals surface area (Å²) in [6.45, 7) is 7.17. The molecule has 0 spiro atoms. The highest BCUT2D eigenvalue weighted by Gasteiger charge is 2.51. The van der Waals surface area contributed by atoms with Crippen molar-refractivity contribution in [2.24, 2.45) is 11.3 Å². The van der Waals surface area contributed by atoms with Crippen molar-refractivity contribution in [3.63, 3.8) is 0 Å². The molecule has 0 bridgehead atoms. The van der Waals surface area contributed by atoms with Crippen molar-refractivity contribution in [3.05, 3.63) is 59.7 Å². The van der Waals surface area contributed by atoms with Crippen LogP contribution >= 0.6 is 0 Å². The highest BCUT2D eigenvalue weighted by atomic mass is 16.2. The number of piperidine rings is 1. The minimum atomic E-state index is -0.326. The second-order valence-corrected chi connectivity index (χ2v) is 9.28. The molecular formula is C25H30N4O3. The van der Waals surface area contributed by atoms with E-state index in [9.17, 15) is 14.4 Å². The SMILES string of the molecule is Cc1ccc(C(=O)Nc2ccccc2)cc1NC(=O)N1CCC(C2NC(=O)C2(C)C)CC1. The summed E-state index contributed by atoms with van der Waals surface area (Å²) in [5.41, 5.74) is 2.40. The number of carbonyl (C=O) groups excluding carboxylic acids is 3. The Bertz CT molecular complexity index is 1030. The number of hydrogen-bond donors (Lipinski definition) is 3. The summed E-state index contributed by atoms with van der Waals surface area (Å²) in [6.07, 6.45) is 1.72. The first-order valence-electron chi connectivity index (χ1n) is 11.1. The number of para-hydroxylation sites is 1. The first kappa shape index (κ1) is 21.9. The van der Waals surface area contributed by atoms with Crippen molar-refractivity contribution in [2.45, 2.75) is 39.7 Å². The number of urea groups is 1. The second-order valence-electron chi connectivity index (χ2n) is 9.28. The van der Waals surface area contributed by atoms with Gasteiger partial charge in [0.2, 0.25) is 5.91 Å². The number of rotatable bonds is 4. The van der Waals surface area contributed by atoms with Gasteiger partial charge in [-0.2, -0.15) is 0 Å². The summed E-state index contributed by atoms with van der Waals surface area (Å²) >= 11 is 0. The average molecular weight is 435 g/mol. The van der Waals surface area contributed by atoms with E-state index >= 15 is 0 Å². The van der Waals surface area contributed by atoms with Gasteiger partial charge >= 0.3 is 6.03 Å². The van der Waals surface area contributed by atoms with Crippen molar-refractivity contribution < 1.29 is 14.4 Å². The third-order valence-electron chi connectivity index (χ3n) is 6.72. The fourth-order valence-electron chi connectivity index (χ4n) is 4.53. The average Bonchev–Trinajstić information content (AvgIpc) is 2.79. The van der Waals surface area contributed by atoms with Crippen molar-refractivity contribution in [1.82, 2.24) is 10.2 Å². The van der Waals surface area contributed by atoms with Gasteiger partial charge < -0.3 is 20.9 Å². The summed E-state index contributed by atoms with van der Waals surface area (Å²) in [6, 6.07) is 14.6. The quantitative estimate of drug-likeness (QED) is 0.635. The minimum Gasteiger partial charge on any atom is -0.351 e. The molecule has 3 N–H and O–H groups in total. The topological polar surface area (TPSA) is 90.5 Å². The third kappa shape index (κ3) is 4.33. The van der Waals surface area contributed by atoms with Gasteiger partial charge in [-0.3, -0.25) is 9.59 Å². The number of aryl methyl sites for hydroxylation is 1. The molecule has 2 aliphatic rings. The van der Waals surface area contributed by atoms with Crippen molar-refractivity contribution in [3.8, 4) is 0 Å². The number of carbonyl (C=O) groups is 3. The van der Waals surface area contributed by atoms with Crippen LogP contribution < -0.4 is 16.0 Å². The number of benzene rings is 2. The lowest BCUT2D eigenvalue weighted by Crippen LogP contribution is -2.68. The van der Waals surface area contributed by atoms with E-state index in [-0.39, 0.29) is 29.3 Å². The molecule has 2 aliphatic heterocycles. The van der Waals surface area contributed by atoms with E-state index in [1.807, 2.05) is 57.2 Å². The van der Waals surface area contributed by atoms with Crippen LogP contribution in [0.3, 0.4) is 0 Å². The Morgan fingerprint density at radius 2 is 1.72 bits per heavy atom. The maximum Gasteiger partial charge on any atom is 0.321 e. The summed E-state index contributed by atoms with van der Waals surface area (Å²) in [5.74, 6) is 0.269. The van der Waals surface area contributed by atoms with Gasteiger partial charge in [-0.25, -0.2) is 4.79 Å². The molecule has 7 nitrogen and oxygen atoms in total. The summed E-state index contributed by atoms with van der Waals surface area (Å²) < 4.78 is 0. The highest BCUT2D eigenvalue weighted by Crippen LogP contribution is 2.38. The van der Waals surface area contributed by atoms with E-state index in [0.29, 0.717) is 30.3 Å². The molecule has 4 amide bonds. The molecule has 0 aromatic heterocycles. The molecule has 168 valence electrons. The lowest BCUT2D eigenvalue weighted by molar-refractivity contribution is -0.146. The van der Waals surface area contributed by atoms with Crippen molar-refractivity contribution in [1.29, 1.82) is 0 Å². The standard InChI is InChI=1S/C25H30N4O3/c1-16-9-10-18(22(30)26-19-7-5-4-6-8-19)15-20(16)27-24(32)29-13-11-17(12-14-29)21-25(2,3)23(31)28-21/h4-10,15,17,21H,11-14H2,1-3H3,(H,26,30)(H,27,32)(H,28,31). The van der Waals surface area contributed by atoms with E-state index < -0.39 is 0 Å². The zero-order valence-electron chi connectivity index (χ0n) is 18.8. The van der Waals surface area contributed by atoms with Crippen LogP contribution in [0.1, 0.15) is 42.6 Å². The summed E-state index contributed by atoms with van der Waals surface area (Å²) in [5, 5.41) is 8.87. The molecule has 0 radical (unpaired) electrons. The van der Waals surface area contributed by atoms with Gasteiger partial charge in [0.25, 0.3) is 5.91 Å². The molecule has 1 unspecified atom stereocenters. The largest absolute Gasteiger partial charge is 0.351 e. The van der Waals surface area contributed by atoms with Crippen LogP contribution in [0.5, 0.6) is 0 Å². The van der Waals surface area contributed by atoms with Gasteiger partial charge in [-0.15, -0.1) is 0 Å². The Labute approximate surface area is 188 Å². The molecule has 32 heavy (non-hydrogen) atoms. The Morgan fingerprint density at radius 3 is 2.34 bits per heavy atom. The van der Waals surface area contributed by atoms with Crippen LogP contribution in [0.25, 0.3) is 0 Å². The molecule has 0 aliphatic carbocycles. The van der Waals surface area contributed by atoms with Crippen LogP contribution in [0, 0.1) is 18.3 Å². The molecule has 2 heterocycles. The van der Waals surface area contributed by atoms with Gasteiger partial charge in [-0.1, -0.05) is 24.3 Å². The second kappa shape index (κ2) is 8.65. The fraction of sp³-hybridized carbons (Fsp3) is 0.400. The van der Waals surface area contributed by atoms with Crippen molar-refractivity contribution in [2.75, 3.05) is 23.7 Å². The maximum absolute atomic E-state index is 12.9. The van der Waals surface area contributed by atoms with E-state index in [1.165, 1.54) is 0 Å². The number of amides is 4. The molecular weight excluding hydrogens is 404 g/mol. The molecule has 0 saturated carbocycles. The number of anilines is 2. The van der Waals surface area contributed by atoms with Gasteiger partial charge in [-0.05, 0) is 69.4 Å². The lowest BCUT2D eigenvalue weighted by Gasteiger charge is -2.50. The highest BCUT2D eigenvalue weighted by molar-refractivity contribution is 6.05. The van der Waals surface area contributed by atoms with Gasteiger partial charge in [0.1, 0.15) is 0 Å². The van der Waals surface area contributed by atoms with Crippen LogP contribution in [-0.4, -0.2) is 41.9 Å². The molecule has 4 rings (SSSR count). The third-order valence-corrected chi connectivity index (χ3v) is 6.72. The minimum absolute atomic E-state index is 0.106. The molecule has 2 aromatic carbocycles. The lowest BCUT2D eigenvalue weighted by atomic mass is 9.68. The monoisotopic (exact) mass is 434 g/mol. The normalized spacial score (nSPS) is 20.2. The predicted octanol–water partition coefficient (Wildman–Crippen LogP) is 4.02. The summed E-state index contributed by atoms with van der Waals surface area (Å²) in [4.78, 5) is 39.1. The van der Waals surface area contributed by atoms with E-state index in [2.05, 4.69) is 16.0 Å². The number of nitrogens with zero attached hydrogens (tertiary/aromatic N) is 1. The molecule has 7 heteroatoms. The first-order chi connectivity index (χ1) is 15.3. The van der Waals surface area contributed by atoms with Gasteiger partial charge in [0.15, 0.2) is 0 Å². The number of β-lactam (4-membered cyclic amide) rings is 1. The molecule has 2 saturated heterocycles. The fourth-order valence-corrected chi connectivity index (χ4v) is 4.53. The number of likely N-dealkylation sites (tertiary alicyclic amines) is 1. The zero-order chi connectivity index (χ0) is 22.9. The van der Waals surface area contributed by atoms with Gasteiger partial charge in [0, 0.05) is 36.1 Å². The number of nitrogens with one attached hydrogen (secondary N) is 3. The van der Waals surface area contributed by atoms with Crippen molar-refractivity contribution >= 4 is 29.2 Å². The van der Waals surface area contributed by atoms with Gasteiger partial charge in [0.05, 0.1) is 5.41 Å². The molecule has 2 aromatic rings. The first-order valence-corrected chi connectivity index (χ1v) is 11.1. The smallest absolute Gasteiger partial charge is 0.321 e. The number of hydrogen-bond acceptors (Lipinski definition) is 3. The van der Waals surface area contributed by atoms with Crippen LogP contribution in [0.4, 0.5) is 16.2 Å². The van der Waals surface area contributed by atoms with E-state index in [0.717, 1.165) is 24.1 Å². The Morgan fingerprint density at radius 1 is 1.03 bits per heavy atom. The van der Waals surface area contributed by atoms with Crippen LogP contribution in [0.15, 0.2) is 48.5 Å². The van der Waals surface area contributed by atoms with Crippen LogP contribution in [-0.2, 0) is 4.79 Å². The Hall–Kier alpha value is -3.35. The Kier molecular flexibility index (Phi) is 5.91. The van der Waals surface area contributed by atoms with Crippen LogP contribution in [0.2, 0.25) is 0 Å². The maximum atomic E-state index is 12.9. The van der Waals surface area contributed by atoms with E-state index in [1.54, 1.807) is 17.0 Å². The predicted molar refractivity (Wildman–Crippen MR) is 125 cm³/mol. The zero-order valence-corrected chi connectivity index (χ0v) is 18.8. The molecule has 2 fully saturated rings. The molecule has 1 atom stereocenters.